The zero-order valence-corrected chi connectivity index (χ0v) is 8.53. The predicted octanol–water partition coefficient (Wildman–Crippen LogP) is 2.26. The molecule has 84 valence electrons. The highest BCUT2D eigenvalue weighted by Crippen LogP contribution is 2.30. The number of nitrogens with zero attached hydrogens (tertiary/aromatic N) is 4. The lowest BCUT2D eigenvalue weighted by atomic mass is 10.1. The maximum atomic E-state index is 12.9. The number of alkyl halides is 2. The second-order valence-corrected chi connectivity index (χ2v) is 3.69. The first-order chi connectivity index (χ1) is 7.61. The number of piperidine rings is 1. The first-order valence-electron chi connectivity index (χ1n) is 4.93. The average Bonchev–Trinajstić information content (AvgIpc) is 2.29. The minimum Gasteiger partial charge on any atom is -0.360 e. The van der Waals surface area contributed by atoms with Crippen LogP contribution in [0.3, 0.4) is 0 Å². The average molecular weight is 224 g/mol. The van der Waals surface area contributed by atoms with E-state index in [4.69, 9.17) is 6.57 Å². The second kappa shape index (κ2) is 4.00. The SMILES string of the molecule is [C-]#[N+]c1cc(N2CCC(F)(F)CC2)ncn1. The van der Waals surface area contributed by atoms with Gasteiger partial charge < -0.3 is 9.74 Å². The molecule has 4 nitrogen and oxygen atoms in total. The van der Waals surface area contributed by atoms with Gasteiger partial charge >= 0.3 is 0 Å². The Balaban J connectivity index is 2.11. The monoisotopic (exact) mass is 224 g/mol. The zero-order valence-electron chi connectivity index (χ0n) is 8.53. The van der Waals surface area contributed by atoms with E-state index in [0.29, 0.717) is 5.82 Å². The summed E-state index contributed by atoms with van der Waals surface area (Å²) in [5, 5.41) is 0. The molecule has 16 heavy (non-hydrogen) atoms. The molecule has 1 aromatic heterocycles. The van der Waals surface area contributed by atoms with Gasteiger partial charge in [0, 0.05) is 32.0 Å². The third-order valence-electron chi connectivity index (χ3n) is 2.57. The van der Waals surface area contributed by atoms with Crippen molar-refractivity contribution in [2.45, 2.75) is 18.8 Å². The minimum atomic E-state index is -2.56. The molecule has 0 spiro atoms. The van der Waals surface area contributed by atoms with Crippen LogP contribution in [-0.4, -0.2) is 29.0 Å². The quantitative estimate of drug-likeness (QED) is 0.686. The Hall–Kier alpha value is -1.77. The van der Waals surface area contributed by atoms with E-state index in [0.717, 1.165) is 0 Å². The Morgan fingerprint density at radius 3 is 2.62 bits per heavy atom. The van der Waals surface area contributed by atoms with E-state index < -0.39 is 5.92 Å². The van der Waals surface area contributed by atoms with Crippen LogP contribution in [0.4, 0.5) is 20.4 Å². The molecule has 0 atom stereocenters. The predicted molar refractivity (Wildman–Crippen MR) is 54.7 cm³/mol. The van der Waals surface area contributed by atoms with E-state index in [1.807, 2.05) is 0 Å². The van der Waals surface area contributed by atoms with Crippen molar-refractivity contribution in [1.82, 2.24) is 9.97 Å². The number of hydrogen-bond acceptors (Lipinski definition) is 3. The molecule has 1 aromatic rings. The van der Waals surface area contributed by atoms with Crippen molar-refractivity contribution in [3.8, 4) is 0 Å². The summed E-state index contributed by atoms with van der Waals surface area (Å²) in [6.45, 7) is 7.34. The number of rotatable bonds is 1. The summed E-state index contributed by atoms with van der Waals surface area (Å²) in [6, 6.07) is 1.52. The van der Waals surface area contributed by atoms with Gasteiger partial charge in [0.25, 0.3) is 11.7 Å². The fraction of sp³-hybridized carbons (Fsp3) is 0.500. The Bertz CT molecular complexity index is 417. The summed E-state index contributed by atoms with van der Waals surface area (Å²) >= 11 is 0. The Morgan fingerprint density at radius 1 is 1.31 bits per heavy atom. The molecule has 0 amide bonds. The molecule has 0 aromatic carbocycles. The van der Waals surface area contributed by atoms with E-state index in [9.17, 15) is 8.78 Å². The molecule has 1 saturated heterocycles. The Kier molecular flexibility index (Phi) is 2.69. The maximum Gasteiger partial charge on any atom is 0.274 e. The van der Waals surface area contributed by atoms with E-state index >= 15 is 0 Å². The van der Waals surface area contributed by atoms with E-state index in [1.54, 1.807) is 4.90 Å². The highest BCUT2D eigenvalue weighted by atomic mass is 19.3. The molecule has 0 N–H and O–H groups in total. The minimum absolute atomic E-state index is 0.162. The molecular weight excluding hydrogens is 214 g/mol. The van der Waals surface area contributed by atoms with Crippen molar-refractivity contribution in [3.63, 3.8) is 0 Å². The molecule has 1 fully saturated rings. The summed E-state index contributed by atoms with van der Waals surface area (Å²) in [5.74, 6) is -1.77. The van der Waals surface area contributed by atoms with Gasteiger partial charge in [-0.25, -0.2) is 8.78 Å². The van der Waals surface area contributed by atoms with Crippen molar-refractivity contribution in [1.29, 1.82) is 0 Å². The second-order valence-electron chi connectivity index (χ2n) is 3.69. The Morgan fingerprint density at radius 2 is 2.00 bits per heavy atom. The van der Waals surface area contributed by atoms with Gasteiger partial charge in [-0.1, -0.05) is 6.57 Å². The summed E-state index contributed by atoms with van der Waals surface area (Å²) in [6.07, 6.45) is 0.962. The van der Waals surface area contributed by atoms with Gasteiger partial charge in [-0.3, -0.25) is 0 Å². The number of anilines is 1. The van der Waals surface area contributed by atoms with Gasteiger partial charge in [0.05, 0.1) is 0 Å². The molecule has 0 bridgehead atoms. The van der Waals surface area contributed by atoms with Gasteiger partial charge in [0.2, 0.25) is 6.33 Å². The fourth-order valence-corrected chi connectivity index (χ4v) is 1.63. The fourth-order valence-electron chi connectivity index (χ4n) is 1.63. The topological polar surface area (TPSA) is 33.4 Å². The smallest absolute Gasteiger partial charge is 0.274 e. The molecule has 1 aliphatic rings. The van der Waals surface area contributed by atoms with Crippen LogP contribution in [0.2, 0.25) is 0 Å². The third kappa shape index (κ3) is 2.24. The van der Waals surface area contributed by atoms with Crippen LogP contribution in [0, 0.1) is 6.57 Å². The van der Waals surface area contributed by atoms with Crippen LogP contribution in [0.1, 0.15) is 12.8 Å². The summed E-state index contributed by atoms with van der Waals surface area (Å²) in [5.41, 5.74) is 0. The van der Waals surface area contributed by atoms with Crippen LogP contribution in [0.5, 0.6) is 0 Å². The molecule has 1 aliphatic heterocycles. The third-order valence-corrected chi connectivity index (χ3v) is 2.57. The van der Waals surface area contributed by atoms with Gasteiger partial charge in [0.1, 0.15) is 5.82 Å². The van der Waals surface area contributed by atoms with Gasteiger partial charge in [0.15, 0.2) is 0 Å². The van der Waals surface area contributed by atoms with Crippen LogP contribution < -0.4 is 4.90 Å². The molecule has 0 aliphatic carbocycles. The first-order valence-corrected chi connectivity index (χ1v) is 4.93. The van der Waals surface area contributed by atoms with Crippen molar-refractivity contribution >= 4 is 11.6 Å². The highest BCUT2D eigenvalue weighted by Gasteiger charge is 2.34. The number of aromatic nitrogens is 2. The van der Waals surface area contributed by atoms with Crippen molar-refractivity contribution in [2.24, 2.45) is 0 Å². The lowest BCUT2D eigenvalue weighted by molar-refractivity contribution is -0.0221. The lowest BCUT2D eigenvalue weighted by Gasteiger charge is -2.32. The van der Waals surface area contributed by atoms with Gasteiger partial charge in [-0.2, -0.15) is 4.98 Å². The maximum absolute atomic E-state index is 12.9. The zero-order chi connectivity index (χ0) is 11.6. The molecule has 0 unspecified atom stereocenters. The normalized spacial score (nSPS) is 19.2. The number of hydrogen-bond donors (Lipinski definition) is 0. The molecule has 2 heterocycles. The van der Waals surface area contributed by atoms with Gasteiger partial charge in [-0.15, -0.1) is 4.98 Å². The first kappa shape index (κ1) is 10.7. The van der Waals surface area contributed by atoms with Crippen LogP contribution in [0.15, 0.2) is 12.4 Å². The van der Waals surface area contributed by atoms with Crippen LogP contribution in [0.25, 0.3) is 4.85 Å². The molecular formula is C10H10F2N4. The number of halogens is 2. The standard InChI is InChI=1S/C10H10F2N4/c1-13-8-6-9(15-7-14-8)16-4-2-10(11,12)3-5-16/h6-7H,2-5H2. The van der Waals surface area contributed by atoms with Crippen LogP contribution >= 0.6 is 0 Å². The van der Waals surface area contributed by atoms with Crippen molar-refractivity contribution < 1.29 is 8.78 Å². The molecule has 6 heteroatoms. The molecule has 2 rings (SSSR count). The van der Waals surface area contributed by atoms with Crippen LogP contribution in [-0.2, 0) is 0 Å². The van der Waals surface area contributed by atoms with Crippen molar-refractivity contribution in [3.05, 3.63) is 23.8 Å². The van der Waals surface area contributed by atoms with E-state index in [2.05, 4.69) is 14.8 Å². The summed E-state index contributed by atoms with van der Waals surface area (Å²) in [4.78, 5) is 12.7. The summed E-state index contributed by atoms with van der Waals surface area (Å²) in [7, 11) is 0. The Labute approximate surface area is 91.7 Å². The van der Waals surface area contributed by atoms with Crippen molar-refractivity contribution in [2.75, 3.05) is 18.0 Å². The molecule has 0 saturated carbocycles. The highest BCUT2D eigenvalue weighted by molar-refractivity contribution is 5.49. The van der Waals surface area contributed by atoms with E-state index in [-0.39, 0.29) is 31.7 Å². The largest absolute Gasteiger partial charge is 0.360 e. The van der Waals surface area contributed by atoms with Gasteiger partial charge in [-0.05, 0) is 0 Å². The molecule has 0 radical (unpaired) electrons. The van der Waals surface area contributed by atoms with E-state index in [1.165, 1.54) is 12.4 Å². The lowest BCUT2D eigenvalue weighted by Crippen LogP contribution is -2.39. The summed E-state index contributed by atoms with van der Waals surface area (Å²) < 4.78 is 25.9.